The van der Waals surface area contributed by atoms with Crippen molar-refractivity contribution in [3.63, 3.8) is 0 Å². The lowest BCUT2D eigenvalue weighted by Gasteiger charge is -2.15. The standard InChI is InChI=1S/C33H37N5O2/c1-4-5-9-24-10-6-7-11-28(24)32(39)37-29-13-8-12-27(22(29)2)30-21-38(3)33(40)31(36-30)35-26-16-14-23(15-17-26)20-34-25-18-19-25/h6-8,10-17,21,25,34H,4-5,9,18-20H2,1-3H3,(H,35,36)(H,37,39). The van der Waals surface area contributed by atoms with Gasteiger partial charge in [-0.05, 0) is 73.6 Å². The Hall–Kier alpha value is -4.23. The number of rotatable bonds is 11. The van der Waals surface area contributed by atoms with Crippen molar-refractivity contribution in [1.82, 2.24) is 14.9 Å². The summed E-state index contributed by atoms with van der Waals surface area (Å²) >= 11 is 0. The number of carbonyl (C=O) groups is 1. The van der Waals surface area contributed by atoms with Gasteiger partial charge in [0.1, 0.15) is 0 Å². The minimum Gasteiger partial charge on any atom is -0.336 e. The van der Waals surface area contributed by atoms with Crippen molar-refractivity contribution in [2.75, 3.05) is 10.6 Å². The van der Waals surface area contributed by atoms with Gasteiger partial charge < -0.3 is 20.5 Å². The highest BCUT2D eigenvalue weighted by Gasteiger charge is 2.20. The third kappa shape index (κ3) is 6.49. The summed E-state index contributed by atoms with van der Waals surface area (Å²) in [5.41, 5.74) is 6.63. The molecule has 3 aromatic carbocycles. The van der Waals surface area contributed by atoms with Crippen molar-refractivity contribution in [2.24, 2.45) is 7.05 Å². The third-order valence-corrected chi connectivity index (χ3v) is 7.38. The Labute approximate surface area is 235 Å². The number of unbranched alkanes of at least 4 members (excludes halogenated alkanes) is 1. The van der Waals surface area contributed by atoms with Gasteiger partial charge in [-0.2, -0.15) is 0 Å². The summed E-state index contributed by atoms with van der Waals surface area (Å²) in [7, 11) is 1.72. The van der Waals surface area contributed by atoms with Crippen molar-refractivity contribution in [3.05, 3.63) is 106 Å². The molecule has 3 N–H and O–H groups in total. The topological polar surface area (TPSA) is 88.0 Å². The largest absolute Gasteiger partial charge is 0.336 e. The molecule has 0 aliphatic heterocycles. The summed E-state index contributed by atoms with van der Waals surface area (Å²) in [6, 6.07) is 22.2. The maximum Gasteiger partial charge on any atom is 0.293 e. The lowest BCUT2D eigenvalue weighted by Crippen LogP contribution is -2.21. The molecule has 40 heavy (non-hydrogen) atoms. The fourth-order valence-corrected chi connectivity index (χ4v) is 4.77. The molecule has 1 aliphatic carbocycles. The van der Waals surface area contributed by atoms with Crippen LogP contribution in [0.2, 0.25) is 0 Å². The van der Waals surface area contributed by atoms with Crippen LogP contribution in [0.3, 0.4) is 0 Å². The van der Waals surface area contributed by atoms with E-state index in [0.717, 1.165) is 48.2 Å². The van der Waals surface area contributed by atoms with E-state index in [1.807, 2.05) is 61.5 Å². The lowest BCUT2D eigenvalue weighted by atomic mass is 10.0. The number of hydrogen-bond acceptors (Lipinski definition) is 5. The van der Waals surface area contributed by atoms with E-state index in [4.69, 9.17) is 4.98 Å². The fraction of sp³-hybridized carbons (Fsp3) is 0.303. The van der Waals surface area contributed by atoms with Crippen molar-refractivity contribution >= 4 is 23.1 Å². The molecule has 1 amide bonds. The van der Waals surface area contributed by atoms with Gasteiger partial charge in [0, 0.05) is 48.3 Å². The van der Waals surface area contributed by atoms with Gasteiger partial charge in [0.15, 0.2) is 5.82 Å². The molecule has 0 unspecified atom stereocenters. The average Bonchev–Trinajstić information content (AvgIpc) is 3.80. The van der Waals surface area contributed by atoms with Gasteiger partial charge in [-0.25, -0.2) is 4.98 Å². The summed E-state index contributed by atoms with van der Waals surface area (Å²) in [5.74, 6) is 0.126. The van der Waals surface area contributed by atoms with E-state index in [9.17, 15) is 9.59 Å². The number of nitrogens with one attached hydrogen (secondary N) is 3. The van der Waals surface area contributed by atoms with Crippen LogP contribution in [0, 0.1) is 6.92 Å². The van der Waals surface area contributed by atoms with Gasteiger partial charge >= 0.3 is 0 Å². The van der Waals surface area contributed by atoms with Crippen LogP contribution < -0.4 is 21.5 Å². The number of aromatic nitrogens is 2. The van der Waals surface area contributed by atoms with Crippen LogP contribution in [0.5, 0.6) is 0 Å². The van der Waals surface area contributed by atoms with Gasteiger partial charge in [0.05, 0.1) is 5.69 Å². The number of carbonyl (C=O) groups excluding carboxylic acids is 1. The van der Waals surface area contributed by atoms with Crippen LogP contribution in [0.15, 0.2) is 77.7 Å². The Morgan fingerprint density at radius 3 is 2.55 bits per heavy atom. The van der Waals surface area contributed by atoms with Gasteiger partial charge in [-0.15, -0.1) is 0 Å². The molecular formula is C33H37N5O2. The Morgan fingerprint density at radius 1 is 1.02 bits per heavy atom. The van der Waals surface area contributed by atoms with Crippen LogP contribution in [-0.4, -0.2) is 21.5 Å². The summed E-state index contributed by atoms with van der Waals surface area (Å²) < 4.78 is 1.53. The zero-order valence-electron chi connectivity index (χ0n) is 23.5. The molecule has 1 aliphatic rings. The second kappa shape index (κ2) is 12.3. The zero-order chi connectivity index (χ0) is 28.1. The molecule has 0 saturated heterocycles. The van der Waals surface area contributed by atoms with Crippen molar-refractivity contribution < 1.29 is 4.79 Å². The van der Waals surface area contributed by atoms with E-state index in [1.54, 1.807) is 13.2 Å². The molecule has 0 bridgehead atoms. The van der Waals surface area contributed by atoms with Crippen molar-refractivity contribution in [3.8, 4) is 11.3 Å². The van der Waals surface area contributed by atoms with Crippen molar-refractivity contribution in [1.29, 1.82) is 0 Å². The number of benzene rings is 3. The van der Waals surface area contributed by atoms with Crippen LogP contribution in [0.4, 0.5) is 17.2 Å². The van der Waals surface area contributed by atoms with E-state index >= 15 is 0 Å². The molecule has 0 atom stereocenters. The first-order valence-electron chi connectivity index (χ1n) is 14.1. The molecular weight excluding hydrogens is 498 g/mol. The Bertz CT molecular complexity index is 1550. The Kier molecular flexibility index (Phi) is 8.41. The first-order valence-corrected chi connectivity index (χ1v) is 14.1. The van der Waals surface area contributed by atoms with Crippen LogP contribution in [-0.2, 0) is 20.0 Å². The number of hydrogen-bond donors (Lipinski definition) is 3. The van der Waals surface area contributed by atoms with E-state index < -0.39 is 0 Å². The maximum absolute atomic E-state index is 13.3. The SMILES string of the molecule is CCCCc1ccccc1C(=O)Nc1cccc(-c2cn(C)c(=O)c(Nc3ccc(CNC4CC4)cc3)n2)c1C. The predicted molar refractivity (Wildman–Crippen MR) is 162 cm³/mol. The van der Waals surface area contributed by atoms with E-state index in [-0.39, 0.29) is 17.3 Å². The van der Waals surface area contributed by atoms with Crippen LogP contribution in [0.1, 0.15) is 59.7 Å². The maximum atomic E-state index is 13.3. The minimum absolute atomic E-state index is 0.126. The smallest absolute Gasteiger partial charge is 0.293 e. The fourth-order valence-electron chi connectivity index (χ4n) is 4.77. The predicted octanol–water partition coefficient (Wildman–Crippen LogP) is 6.35. The molecule has 1 fully saturated rings. The van der Waals surface area contributed by atoms with E-state index in [2.05, 4.69) is 35.0 Å². The number of amides is 1. The molecule has 5 rings (SSSR count). The second-order valence-electron chi connectivity index (χ2n) is 10.6. The van der Waals surface area contributed by atoms with Gasteiger partial charge in [0.2, 0.25) is 0 Å². The molecule has 0 spiro atoms. The second-order valence-corrected chi connectivity index (χ2v) is 10.6. The summed E-state index contributed by atoms with van der Waals surface area (Å²) in [4.78, 5) is 30.9. The molecule has 0 radical (unpaired) electrons. The number of nitrogens with zero attached hydrogens (tertiary/aromatic N) is 2. The van der Waals surface area contributed by atoms with Gasteiger partial charge in [0.25, 0.3) is 11.5 Å². The van der Waals surface area contributed by atoms with Gasteiger partial charge in [-0.1, -0.05) is 55.8 Å². The molecule has 7 nitrogen and oxygen atoms in total. The van der Waals surface area contributed by atoms with Crippen LogP contribution >= 0.6 is 0 Å². The highest BCUT2D eigenvalue weighted by molar-refractivity contribution is 6.06. The Morgan fingerprint density at radius 2 is 1.80 bits per heavy atom. The van der Waals surface area contributed by atoms with Crippen molar-refractivity contribution in [2.45, 2.75) is 58.5 Å². The van der Waals surface area contributed by atoms with Gasteiger partial charge in [-0.3, -0.25) is 9.59 Å². The molecule has 4 aromatic rings. The molecule has 206 valence electrons. The lowest BCUT2D eigenvalue weighted by molar-refractivity contribution is 0.102. The third-order valence-electron chi connectivity index (χ3n) is 7.38. The molecule has 1 saturated carbocycles. The van der Waals surface area contributed by atoms with E-state index in [0.29, 0.717) is 23.0 Å². The highest BCUT2D eigenvalue weighted by Crippen LogP contribution is 2.29. The quantitative estimate of drug-likeness (QED) is 0.208. The normalized spacial score (nSPS) is 12.8. The summed E-state index contributed by atoms with van der Waals surface area (Å²) in [6.07, 6.45) is 7.23. The molecule has 1 aromatic heterocycles. The average molecular weight is 536 g/mol. The monoisotopic (exact) mass is 535 g/mol. The summed E-state index contributed by atoms with van der Waals surface area (Å²) in [6.45, 7) is 4.95. The number of anilines is 3. The molecule has 7 heteroatoms. The minimum atomic E-state index is -0.214. The first kappa shape index (κ1) is 27.3. The summed E-state index contributed by atoms with van der Waals surface area (Å²) in [5, 5.41) is 9.82. The number of aryl methyl sites for hydroxylation is 2. The molecule has 1 heterocycles. The Balaban J connectivity index is 1.37. The van der Waals surface area contributed by atoms with E-state index in [1.165, 1.54) is 23.0 Å². The van der Waals surface area contributed by atoms with Crippen LogP contribution in [0.25, 0.3) is 11.3 Å². The first-order chi connectivity index (χ1) is 19.4. The highest BCUT2D eigenvalue weighted by atomic mass is 16.1. The zero-order valence-corrected chi connectivity index (χ0v) is 23.5.